The summed E-state index contributed by atoms with van der Waals surface area (Å²) in [7, 11) is 0. The van der Waals surface area contributed by atoms with E-state index in [1.807, 2.05) is 0 Å². The van der Waals surface area contributed by atoms with Crippen LogP contribution in [0.15, 0.2) is 12.1 Å². The van der Waals surface area contributed by atoms with Crippen molar-refractivity contribution in [3.8, 4) is 5.75 Å². The van der Waals surface area contributed by atoms with E-state index in [9.17, 15) is 0 Å². The number of aromatic hydroxyl groups is 1. The highest BCUT2D eigenvalue weighted by molar-refractivity contribution is 5.74. The first-order valence-electron chi connectivity index (χ1n) is 2.78. The van der Waals surface area contributed by atoms with Crippen LogP contribution < -0.4 is 0 Å². The number of aromatic nitrogens is 3. The minimum absolute atomic E-state index is 0.0846. The highest BCUT2D eigenvalue weighted by Gasteiger charge is 1.96. The average Bonchev–Trinajstić information content (AvgIpc) is 2.33. The third kappa shape index (κ3) is 0.621. The number of phenols is 1. The fourth-order valence-corrected chi connectivity index (χ4v) is 0.769. The number of nitrogens with zero attached hydrogens (tertiary/aromatic N) is 2. The van der Waals surface area contributed by atoms with E-state index < -0.39 is 0 Å². The number of fused-ring (bicyclic) bond motifs is 1. The van der Waals surface area contributed by atoms with Gasteiger partial charge in [0, 0.05) is 0 Å². The molecule has 1 aromatic heterocycles. The number of benzene rings is 1. The zero-order chi connectivity index (χ0) is 6.97. The molecule has 1 heterocycles. The molecule has 10 heavy (non-hydrogen) atoms. The Kier molecular flexibility index (Phi) is 0.887. The number of hydrogen-bond acceptors (Lipinski definition) is 3. The number of nitrogens with one attached hydrogen (secondary N) is 1. The quantitative estimate of drug-likeness (QED) is 0.550. The predicted molar refractivity (Wildman–Crippen MR) is 34.4 cm³/mol. The van der Waals surface area contributed by atoms with Gasteiger partial charge in [-0.25, -0.2) is 0 Å². The topological polar surface area (TPSA) is 61.8 Å². The van der Waals surface area contributed by atoms with Crippen LogP contribution in [0.4, 0.5) is 0 Å². The second-order valence-electron chi connectivity index (χ2n) is 1.92. The second kappa shape index (κ2) is 1.70. The van der Waals surface area contributed by atoms with Crippen LogP contribution in [-0.2, 0) is 0 Å². The monoisotopic (exact) mass is 134 g/mol. The fourth-order valence-electron chi connectivity index (χ4n) is 0.769. The molecule has 0 saturated carbocycles. The minimum atomic E-state index is 0.0846. The molecule has 0 amide bonds. The van der Waals surface area contributed by atoms with Gasteiger partial charge in [0.05, 0.1) is 11.6 Å². The van der Waals surface area contributed by atoms with Crippen LogP contribution in [0.3, 0.4) is 0 Å². The van der Waals surface area contributed by atoms with Crippen LogP contribution in [0.2, 0.25) is 0 Å². The molecule has 0 saturated heterocycles. The summed E-state index contributed by atoms with van der Waals surface area (Å²) in [4.78, 5) is 0. The van der Waals surface area contributed by atoms with E-state index >= 15 is 0 Å². The standard InChI is InChI=1S/C6H4N3O/c10-4-1-2-5-6(3-4)8-9-7-5/h1-2,10H,(H,7,8,9). The molecule has 2 aromatic rings. The molecular weight excluding hydrogens is 130 g/mol. The summed E-state index contributed by atoms with van der Waals surface area (Å²) >= 11 is 0. The number of hydrogen-bond donors (Lipinski definition) is 2. The molecule has 0 bridgehead atoms. The summed E-state index contributed by atoms with van der Waals surface area (Å²) in [5, 5.41) is 18.7. The fraction of sp³-hybridized carbons (Fsp3) is 0. The highest BCUT2D eigenvalue weighted by atomic mass is 16.3. The van der Waals surface area contributed by atoms with E-state index in [0.717, 1.165) is 5.52 Å². The van der Waals surface area contributed by atoms with Crippen molar-refractivity contribution in [1.82, 2.24) is 15.4 Å². The van der Waals surface area contributed by atoms with Crippen LogP contribution in [0.25, 0.3) is 11.0 Å². The van der Waals surface area contributed by atoms with Gasteiger partial charge in [0.1, 0.15) is 11.3 Å². The average molecular weight is 134 g/mol. The van der Waals surface area contributed by atoms with Crippen LogP contribution >= 0.6 is 0 Å². The van der Waals surface area contributed by atoms with Crippen LogP contribution in [0.5, 0.6) is 5.75 Å². The van der Waals surface area contributed by atoms with E-state index in [1.165, 1.54) is 6.07 Å². The molecule has 0 spiro atoms. The van der Waals surface area contributed by atoms with Crippen molar-refractivity contribution in [1.29, 1.82) is 0 Å². The molecule has 0 unspecified atom stereocenters. The maximum Gasteiger partial charge on any atom is 0.126 e. The Balaban J connectivity index is 2.86. The van der Waals surface area contributed by atoms with E-state index in [1.54, 1.807) is 6.07 Å². The molecule has 2 rings (SSSR count). The van der Waals surface area contributed by atoms with E-state index in [0.29, 0.717) is 5.52 Å². The number of H-pyrrole nitrogens is 1. The smallest absolute Gasteiger partial charge is 0.126 e. The van der Waals surface area contributed by atoms with Crippen LogP contribution in [-0.4, -0.2) is 20.5 Å². The Labute approximate surface area is 56.5 Å². The molecule has 4 nitrogen and oxygen atoms in total. The van der Waals surface area contributed by atoms with Gasteiger partial charge in [-0.15, -0.1) is 5.10 Å². The Hall–Kier alpha value is -1.58. The zero-order valence-corrected chi connectivity index (χ0v) is 5.00. The first-order valence-corrected chi connectivity index (χ1v) is 2.78. The van der Waals surface area contributed by atoms with Crippen molar-refractivity contribution >= 4 is 11.0 Å². The van der Waals surface area contributed by atoms with Crippen molar-refractivity contribution in [3.05, 3.63) is 18.2 Å². The molecule has 1 aromatic carbocycles. The summed E-state index contributed by atoms with van der Waals surface area (Å²) < 4.78 is 0. The molecule has 2 N–H and O–H groups in total. The lowest BCUT2D eigenvalue weighted by Crippen LogP contribution is -1.68. The Morgan fingerprint density at radius 3 is 3.30 bits per heavy atom. The Bertz CT molecular complexity index is 355. The Morgan fingerprint density at radius 1 is 1.50 bits per heavy atom. The molecule has 0 atom stereocenters. The number of rotatable bonds is 0. The van der Waals surface area contributed by atoms with Crippen molar-refractivity contribution in [2.45, 2.75) is 0 Å². The Morgan fingerprint density at radius 2 is 2.40 bits per heavy atom. The van der Waals surface area contributed by atoms with Gasteiger partial charge in [0.2, 0.25) is 0 Å². The molecule has 49 valence electrons. The van der Waals surface area contributed by atoms with Crippen LogP contribution in [0, 0.1) is 6.07 Å². The van der Waals surface area contributed by atoms with Gasteiger partial charge < -0.3 is 5.11 Å². The van der Waals surface area contributed by atoms with Gasteiger partial charge in [-0.2, -0.15) is 0 Å². The summed E-state index contributed by atoms with van der Waals surface area (Å²) in [6.07, 6.45) is 0. The number of phenolic OH excluding ortho intramolecular Hbond substituents is 1. The zero-order valence-electron chi connectivity index (χ0n) is 5.00. The maximum absolute atomic E-state index is 8.91. The van der Waals surface area contributed by atoms with Crippen molar-refractivity contribution in [2.24, 2.45) is 0 Å². The van der Waals surface area contributed by atoms with Gasteiger partial charge in [-0.05, 0) is 12.1 Å². The van der Waals surface area contributed by atoms with E-state index in [2.05, 4.69) is 21.5 Å². The molecule has 1 radical (unpaired) electrons. The molecule has 0 aliphatic rings. The van der Waals surface area contributed by atoms with E-state index in [4.69, 9.17) is 5.11 Å². The normalized spacial score (nSPS) is 10.4. The first kappa shape index (κ1) is 5.22. The van der Waals surface area contributed by atoms with Gasteiger partial charge in [0.15, 0.2) is 0 Å². The molecule has 4 heteroatoms. The van der Waals surface area contributed by atoms with Gasteiger partial charge in [0.25, 0.3) is 0 Å². The van der Waals surface area contributed by atoms with Gasteiger partial charge >= 0.3 is 0 Å². The van der Waals surface area contributed by atoms with Gasteiger partial charge in [-0.3, -0.25) is 5.10 Å². The molecule has 0 aliphatic carbocycles. The van der Waals surface area contributed by atoms with Crippen molar-refractivity contribution in [2.75, 3.05) is 0 Å². The minimum Gasteiger partial charge on any atom is -0.507 e. The lowest BCUT2D eigenvalue weighted by molar-refractivity contribution is 0.475. The van der Waals surface area contributed by atoms with Crippen molar-refractivity contribution < 1.29 is 5.11 Å². The first-order chi connectivity index (χ1) is 4.86. The summed E-state index contributed by atoms with van der Waals surface area (Å²) in [5.41, 5.74) is 1.33. The van der Waals surface area contributed by atoms with Crippen LogP contribution in [0.1, 0.15) is 0 Å². The SMILES string of the molecule is Oc1[c]c2nn[nH]c2cc1. The third-order valence-corrected chi connectivity index (χ3v) is 1.23. The summed E-state index contributed by atoms with van der Waals surface area (Å²) in [5.74, 6) is 0.0846. The maximum atomic E-state index is 8.91. The predicted octanol–water partition coefficient (Wildman–Crippen LogP) is 0.464. The molecule has 0 fully saturated rings. The summed E-state index contributed by atoms with van der Waals surface area (Å²) in [6.45, 7) is 0. The van der Waals surface area contributed by atoms with E-state index in [-0.39, 0.29) is 5.75 Å². The van der Waals surface area contributed by atoms with Gasteiger partial charge in [-0.1, -0.05) is 5.21 Å². The third-order valence-electron chi connectivity index (χ3n) is 1.23. The van der Waals surface area contributed by atoms with Crippen molar-refractivity contribution in [3.63, 3.8) is 0 Å². The molecule has 0 aliphatic heterocycles. The lowest BCUT2D eigenvalue weighted by Gasteiger charge is -1.86. The number of aromatic amines is 1. The lowest BCUT2D eigenvalue weighted by atomic mass is 10.3. The molecular formula is C6H4N3O. The largest absolute Gasteiger partial charge is 0.507 e. The second-order valence-corrected chi connectivity index (χ2v) is 1.92. The highest BCUT2D eigenvalue weighted by Crippen LogP contribution is 2.13. The summed E-state index contributed by atoms with van der Waals surface area (Å²) in [6, 6.07) is 5.85.